The Labute approximate surface area is 198 Å². The Morgan fingerprint density at radius 1 is 1.36 bits per heavy atom. The summed E-state index contributed by atoms with van der Waals surface area (Å²) in [5, 5.41) is 12.7. The molecule has 33 heavy (non-hydrogen) atoms. The van der Waals surface area contributed by atoms with Gasteiger partial charge in [0.1, 0.15) is 11.9 Å². The molecule has 1 N–H and O–H groups in total. The molecule has 172 valence electrons. The Morgan fingerprint density at radius 2 is 2.15 bits per heavy atom. The Kier molecular flexibility index (Phi) is 7.04. The van der Waals surface area contributed by atoms with Gasteiger partial charge in [0.05, 0.1) is 47.1 Å². The predicted molar refractivity (Wildman–Crippen MR) is 128 cm³/mol. The van der Waals surface area contributed by atoms with Gasteiger partial charge in [-0.1, -0.05) is 18.3 Å². The molecule has 2 fully saturated rings. The Morgan fingerprint density at radius 3 is 2.79 bits per heavy atom. The zero-order valence-corrected chi connectivity index (χ0v) is 19.2. The molecule has 0 spiro atoms. The lowest BCUT2D eigenvalue weighted by Gasteiger charge is -2.35. The number of ether oxygens (including phenoxy) is 1. The van der Waals surface area contributed by atoms with Crippen LogP contribution in [0.15, 0.2) is 42.6 Å². The van der Waals surface area contributed by atoms with Crippen LogP contribution in [0.25, 0.3) is 0 Å². The van der Waals surface area contributed by atoms with Crippen molar-refractivity contribution in [3.8, 4) is 6.07 Å². The van der Waals surface area contributed by atoms with E-state index in [1.54, 1.807) is 25.3 Å². The Bertz CT molecular complexity index is 1050. The zero-order chi connectivity index (χ0) is 23.4. The number of halogens is 1. The number of benzene rings is 1. The molecule has 0 bridgehead atoms. The topological polar surface area (TPSA) is 81.5 Å². The van der Waals surface area contributed by atoms with Crippen LogP contribution in [-0.2, 0) is 4.74 Å². The van der Waals surface area contributed by atoms with E-state index in [2.05, 4.69) is 16.4 Å². The number of nitrogens with zero attached hydrogens (tertiary/aromatic N) is 4. The van der Waals surface area contributed by atoms with Crippen LogP contribution < -0.4 is 15.1 Å². The second-order valence-corrected chi connectivity index (χ2v) is 8.99. The number of amides is 1. The molecule has 2 aliphatic heterocycles. The number of nitrogens with one attached hydrogen (secondary N) is 1. The van der Waals surface area contributed by atoms with E-state index in [4.69, 9.17) is 17.0 Å². The maximum absolute atomic E-state index is 15.0. The van der Waals surface area contributed by atoms with Crippen molar-refractivity contribution in [1.29, 1.82) is 5.26 Å². The fraction of sp³-hybridized carbons (Fsp3) is 0.417. The SMILES string of the molecule is CC(=S)NC[C@H]1CN(c2ccc(N3CCC(C(C#N)c4ccccn4)CC3)c(F)c2)C(=O)O1. The molecule has 0 aliphatic carbocycles. The lowest BCUT2D eigenvalue weighted by atomic mass is 9.83. The van der Waals surface area contributed by atoms with Crippen molar-refractivity contribution in [3.63, 3.8) is 0 Å². The van der Waals surface area contributed by atoms with E-state index in [1.165, 1.54) is 11.0 Å². The van der Waals surface area contributed by atoms with Gasteiger partial charge in [-0.25, -0.2) is 9.18 Å². The second-order valence-electron chi connectivity index (χ2n) is 8.38. The largest absolute Gasteiger partial charge is 0.442 e. The molecule has 2 atom stereocenters. The highest BCUT2D eigenvalue weighted by Gasteiger charge is 2.33. The van der Waals surface area contributed by atoms with Crippen LogP contribution in [0.5, 0.6) is 0 Å². The first-order valence-corrected chi connectivity index (χ1v) is 11.4. The summed E-state index contributed by atoms with van der Waals surface area (Å²) in [6.45, 7) is 3.83. The smallest absolute Gasteiger partial charge is 0.414 e. The standard InChI is InChI=1S/C24H26FN5O2S/c1-16(33)28-14-19-15-30(24(31)32-19)18-5-6-23(21(25)12-18)29-10-7-17(8-11-29)20(13-26)22-4-2-3-9-27-22/h2-6,9,12,17,19-20H,7-8,10-11,14-15H2,1H3,(H,28,33)/t19-,20?/m0/s1. The van der Waals surface area contributed by atoms with Crippen molar-refractivity contribution in [3.05, 3.63) is 54.1 Å². The molecule has 1 amide bonds. The summed E-state index contributed by atoms with van der Waals surface area (Å²) in [5.74, 6) is -0.452. The summed E-state index contributed by atoms with van der Waals surface area (Å²) < 4.78 is 20.4. The van der Waals surface area contributed by atoms with Crippen LogP contribution in [0.2, 0.25) is 0 Å². The average Bonchev–Trinajstić information content (AvgIpc) is 3.20. The average molecular weight is 468 g/mol. The molecule has 9 heteroatoms. The third-order valence-corrected chi connectivity index (χ3v) is 6.34. The van der Waals surface area contributed by atoms with Crippen LogP contribution in [0.3, 0.4) is 0 Å². The van der Waals surface area contributed by atoms with Gasteiger partial charge in [-0.15, -0.1) is 0 Å². The molecular weight excluding hydrogens is 441 g/mol. The minimum Gasteiger partial charge on any atom is -0.442 e. The summed E-state index contributed by atoms with van der Waals surface area (Å²) in [6.07, 6.45) is 2.43. The third kappa shape index (κ3) is 5.22. The molecular formula is C24H26FN5O2S. The number of hydrogen-bond acceptors (Lipinski definition) is 6. The highest BCUT2D eigenvalue weighted by atomic mass is 32.1. The van der Waals surface area contributed by atoms with E-state index in [-0.39, 0.29) is 23.8 Å². The summed E-state index contributed by atoms with van der Waals surface area (Å²) in [4.78, 5) is 20.7. The number of piperidine rings is 1. The maximum atomic E-state index is 15.0. The van der Waals surface area contributed by atoms with Crippen LogP contribution >= 0.6 is 12.2 Å². The number of pyridine rings is 1. The molecule has 2 aromatic rings. The first kappa shape index (κ1) is 22.9. The van der Waals surface area contributed by atoms with E-state index >= 15 is 4.39 Å². The molecule has 7 nitrogen and oxygen atoms in total. The summed E-state index contributed by atoms with van der Waals surface area (Å²) >= 11 is 4.99. The number of hydrogen-bond donors (Lipinski definition) is 1. The molecule has 2 saturated heterocycles. The maximum Gasteiger partial charge on any atom is 0.414 e. The van der Waals surface area contributed by atoms with Crippen LogP contribution in [0.1, 0.15) is 31.4 Å². The Hall–Kier alpha value is -3.25. The molecule has 1 aromatic heterocycles. The fourth-order valence-electron chi connectivity index (χ4n) is 4.46. The minimum absolute atomic E-state index is 0.185. The predicted octanol–water partition coefficient (Wildman–Crippen LogP) is 4.01. The van der Waals surface area contributed by atoms with Gasteiger partial charge in [0, 0.05) is 19.3 Å². The van der Waals surface area contributed by atoms with Gasteiger partial charge in [0.25, 0.3) is 0 Å². The number of thiocarbonyl (C=S) groups is 1. The molecule has 1 unspecified atom stereocenters. The highest BCUT2D eigenvalue weighted by Crippen LogP contribution is 2.35. The zero-order valence-electron chi connectivity index (χ0n) is 18.4. The van der Waals surface area contributed by atoms with Crippen molar-refractivity contribution < 1.29 is 13.9 Å². The number of carbonyl (C=O) groups excluding carboxylic acids is 1. The molecule has 0 saturated carbocycles. The van der Waals surface area contributed by atoms with Crippen molar-refractivity contribution in [2.45, 2.75) is 31.8 Å². The van der Waals surface area contributed by atoms with Gasteiger partial charge in [0.2, 0.25) is 0 Å². The number of carbonyl (C=O) groups is 1. The van der Waals surface area contributed by atoms with Gasteiger partial charge in [-0.2, -0.15) is 5.26 Å². The van der Waals surface area contributed by atoms with Crippen LogP contribution in [0.4, 0.5) is 20.6 Å². The van der Waals surface area contributed by atoms with Gasteiger partial charge < -0.3 is 15.0 Å². The van der Waals surface area contributed by atoms with Crippen molar-refractivity contribution in [2.75, 3.05) is 36.0 Å². The van der Waals surface area contributed by atoms with E-state index in [0.29, 0.717) is 42.5 Å². The molecule has 4 rings (SSSR count). The molecule has 0 radical (unpaired) electrons. The number of rotatable bonds is 6. The minimum atomic E-state index is -0.492. The van der Waals surface area contributed by atoms with Crippen LogP contribution in [0, 0.1) is 23.1 Å². The van der Waals surface area contributed by atoms with E-state index in [9.17, 15) is 10.1 Å². The molecule has 1 aromatic carbocycles. The monoisotopic (exact) mass is 467 g/mol. The first-order valence-electron chi connectivity index (χ1n) is 11.0. The summed E-state index contributed by atoms with van der Waals surface area (Å²) in [6, 6.07) is 12.9. The number of aromatic nitrogens is 1. The lowest BCUT2D eigenvalue weighted by Crippen LogP contribution is -2.36. The van der Waals surface area contributed by atoms with E-state index in [1.807, 2.05) is 23.1 Å². The quantitative estimate of drug-likeness (QED) is 0.643. The van der Waals surface area contributed by atoms with Crippen molar-refractivity contribution >= 4 is 34.7 Å². The van der Waals surface area contributed by atoms with E-state index < -0.39 is 6.09 Å². The van der Waals surface area contributed by atoms with Crippen LogP contribution in [-0.4, -0.2) is 48.3 Å². The summed E-state index contributed by atoms with van der Waals surface area (Å²) in [5.41, 5.74) is 1.77. The number of nitriles is 1. The van der Waals surface area contributed by atoms with E-state index in [0.717, 1.165) is 18.5 Å². The van der Waals surface area contributed by atoms with Gasteiger partial charge in [0.15, 0.2) is 0 Å². The lowest BCUT2D eigenvalue weighted by molar-refractivity contribution is 0.143. The Balaban J connectivity index is 1.39. The van der Waals surface area contributed by atoms with Gasteiger partial charge in [-0.05, 0) is 56.0 Å². The van der Waals surface area contributed by atoms with Gasteiger partial charge in [-0.3, -0.25) is 9.88 Å². The normalized spacial score (nSPS) is 19.7. The number of anilines is 2. The third-order valence-electron chi connectivity index (χ3n) is 6.19. The van der Waals surface area contributed by atoms with Crippen molar-refractivity contribution in [2.24, 2.45) is 5.92 Å². The second kappa shape index (κ2) is 10.1. The number of cyclic esters (lactones) is 1. The highest BCUT2D eigenvalue weighted by molar-refractivity contribution is 7.80. The summed E-state index contributed by atoms with van der Waals surface area (Å²) in [7, 11) is 0. The first-order chi connectivity index (χ1) is 16.0. The van der Waals surface area contributed by atoms with Gasteiger partial charge >= 0.3 is 6.09 Å². The molecule has 3 heterocycles. The van der Waals surface area contributed by atoms with Crippen molar-refractivity contribution in [1.82, 2.24) is 10.3 Å². The molecule has 2 aliphatic rings. The fourth-order valence-corrected chi connectivity index (χ4v) is 4.55.